The smallest absolute Gasteiger partial charge is 0.185 e. The Morgan fingerprint density at radius 2 is 1.76 bits per heavy atom. The zero-order valence-corrected chi connectivity index (χ0v) is 11.9. The SMILES string of the molecule is Fc1ccc(-n2nnnc2/C=C/[NH+]2CCCCCC2)cc1. The number of benzene rings is 1. The molecule has 110 valence electrons. The molecule has 1 aromatic carbocycles. The van der Waals surface area contributed by atoms with Crippen LogP contribution in [0.25, 0.3) is 11.8 Å². The van der Waals surface area contributed by atoms with Crippen molar-refractivity contribution in [3.8, 4) is 5.69 Å². The van der Waals surface area contributed by atoms with Crippen LogP contribution in [0.5, 0.6) is 0 Å². The molecule has 0 saturated carbocycles. The highest BCUT2D eigenvalue weighted by atomic mass is 19.1. The van der Waals surface area contributed by atoms with Crippen molar-refractivity contribution in [3.05, 3.63) is 42.1 Å². The van der Waals surface area contributed by atoms with Crippen molar-refractivity contribution in [3.63, 3.8) is 0 Å². The first kappa shape index (κ1) is 13.9. The van der Waals surface area contributed by atoms with E-state index in [4.69, 9.17) is 0 Å². The second kappa shape index (κ2) is 6.58. The van der Waals surface area contributed by atoms with E-state index in [1.165, 1.54) is 42.7 Å². The van der Waals surface area contributed by atoms with Crippen LogP contribution in [-0.4, -0.2) is 33.3 Å². The minimum absolute atomic E-state index is 0.266. The molecule has 5 nitrogen and oxygen atoms in total. The maximum atomic E-state index is 13.0. The molecule has 1 aromatic heterocycles. The fourth-order valence-electron chi connectivity index (χ4n) is 2.61. The van der Waals surface area contributed by atoms with Crippen LogP contribution in [0.2, 0.25) is 0 Å². The van der Waals surface area contributed by atoms with E-state index in [-0.39, 0.29) is 5.82 Å². The number of rotatable bonds is 3. The highest BCUT2D eigenvalue weighted by Crippen LogP contribution is 2.09. The molecule has 0 amide bonds. The lowest BCUT2D eigenvalue weighted by Gasteiger charge is -2.10. The lowest BCUT2D eigenvalue weighted by atomic mass is 10.2. The van der Waals surface area contributed by atoms with Crippen molar-refractivity contribution < 1.29 is 9.29 Å². The van der Waals surface area contributed by atoms with Crippen molar-refractivity contribution in [1.82, 2.24) is 20.2 Å². The summed E-state index contributed by atoms with van der Waals surface area (Å²) >= 11 is 0. The van der Waals surface area contributed by atoms with Gasteiger partial charge in [-0.1, -0.05) is 0 Å². The Morgan fingerprint density at radius 3 is 2.48 bits per heavy atom. The fourth-order valence-corrected chi connectivity index (χ4v) is 2.61. The van der Waals surface area contributed by atoms with Gasteiger partial charge in [0.25, 0.3) is 0 Å². The van der Waals surface area contributed by atoms with E-state index in [0.717, 1.165) is 18.8 Å². The summed E-state index contributed by atoms with van der Waals surface area (Å²) in [4.78, 5) is 1.46. The quantitative estimate of drug-likeness (QED) is 0.924. The van der Waals surface area contributed by atoms with Gasteiger partial charge in [-0.05, 0) is 60.4 Å². The predicted octanol–water partition coefficient (Wildman–Crippen LogP) is 1.23. The molecular weight excluding hydrogens is 269 g/mol. The van der Waals surface area contributed by atoms with Gasteiger partial charge >= 0.3 is 0 Å². The molecule has 3 rings (SSSR count). The van der Waals surface area contributed by atoms with E-state index in [1.807, 2.05) is 6.08 Å². The van der Waals surface area contributed by atoms with E-state index in [1.54, 1.807) is 16.8 Å². The molecule has 1 fully saturated rings. The van der Waals surface area contributed by atoms with Gasteiger partial charge in [0.05, 0.1) is 25.0 Å². The predicted molar refractivity (Wildman–Crippen MR) is 77.3 cm³/mol. The maximum absolute atomic E-state index is 13.0. The van der Waals surface area contributed by atoms with Crippen molar-refractivity contribution in [1.29, 1.82) is 0 Å². The van der Waals surface area contributed by atoms with Crippen LogP contribution in [0.3, 0.4) is 0 Å². The minimum Gasteiger partial charge on any atom is -0.309 e. The molecule has 0 unspecified atom stereocenters. The summed E-state index contributed by atoms with van der Waals surface area (Å²) in [6, 6.07) is 6.15. The van der Waals surface area contributed by atoms with Gasteiger partial charge < -0.3 is 4.90 Å². The molecule has 0 aliphatic carbocycles. The van der Waals surface area contributed by atoms with Gasteiger partial charge in [0, 0.05) is 6.08 Å². The fraction of sp³-hybridized carbons (Fsp3) is 0.400. The number of nitrogens with zero attached hydrogens (tertiary/aromatic N) is 4. The first-order valence-electron chi connectivity index (χ1n) is 7.40. The molecule has 0 bridgehead atoms. The molecule has 1 aliphatic heterocycles. The Labute approximate surface area is 123 Å². The van der Waals surface area contributed by atoms with Gasteiger partial charge in [-0.15, -0.1) is 5.10 Å². The molecule has 2 aromatic rings. The Balaban J connectivity index is 1.77. The van der Waals surface area contributed by atoms with E-state index in [0.29, 0.717) is 5.82 Å². The topological polar surface area (TPSA) is 48.0 Å². The maximum Gasteiger partial charge on any atom is 0.185 e. The number of nitrogens with one attached hydrogen (secondary N) is 1. The van der Waals surface area contributed by atoms with Crippen LogP contribution in [0.4, 0.5) is 4.39 Å². The van der Waals surface area contributed by atoms with Crippen molar-refractivity contribution >= 4 is 6.08 Å². The zero-order chi connectivity index (χ0) is 14.5. The standard InChI is InChI=1S/C15H18FN5/c16-13-5-7-14(8-6-13)21-15(17-18-19-21)9-12-20-10-3-1-2-4-11-20/h5-9,12H,1-4,10-11H2/p+1/b12-9+. The third kappa shape index (κ3) is 3.52. The number of likely N-dealkylation sites (tertiary alicyclic amines) is 1. The number of quaternary nitrogens is 1. The van der Waals surface area contributed by atoms with Crippen LogP contribution in [0.1, 0.15) is 31.5 Å². The Hall–Kier alpha value is -2.08. The van der Waals surface area contributed by atoms with Gasteiger partial charge in [0.15, 0.2) is 5.82 Å². The lowest BCUT2D eigenvalue weighted by Crippen LogP contribution is -3.07. The van der Waals surface area contributed by atoms with E-state index in [2.05, 4.69) is 21.7 Å². The number of hydrogen-bond acceptors (Lipinski definition) is 3. The van der Waals surface area contributed by atoms with Gasteiger partial charge in [-0.2, -0.15) is 4.68 Å². The van der Waals surface area contributed by atoms with Gasteiger partial charge in [0.2, 0.25) is 0 Å². The summed E-state index contributed by atoms with van der Waals surface area (Å²) in [5, 5.41) is 11.7. The second-order valence-corrected chi connectivity index (χ2v) is 5.33. The van der Waals surface area contributed by atoms with E-state index in [9.17, 15) is 4.39 Å². The van der Waals surface area contributed by atoms with Crippen molar-refractivity contribution in [2.24, 2.45) is 0 Å². The largest absolute Gasteiger partial charge is 0.309 e. The lowest BCUT2D eigenvalue weighted by molar-refractivity contribution is -0.845. The summed E-state index contributed by atoms with van der Waals surface area (Å²) < 4.78 is 14.6. The number of aromatic nitrogens is 4. The molecule has 0 atom stereocenters. The van der Waals surface area contributed by atoms with Gasteiger partial charge in [-0.3, -0.25) is 0 Å². The number of hydrogen-bond donors (Lipinski definition) is 1. The van der Waals surface area contributed by atoms with Crippen LogP contribution in [0.15, 0.2) is 30.5 Å². The summed E-state index contributed by atoms with van der Waals surface area (Å²) in [6.07, 6.45) is 9.27. The third-order valence-corrected chi connectivity index (χ3v) is 3.78. The highest BCUT2D eigenvalue weighted by molar-refractivity contribution is 5.42. The number of tetrazole rings is 1. The molecule has 1 N–H and O–H groups in total. The molecular formula is C15H19FN5+. The third-order valence-electron chi connectivity index (χ3n) is 3.78. The highest BCUT2D eigenvalue weighted by Gasteiger charge is 2.11. The minimum atomic E-state index is -0.266. The van der Waals surface area contributed by atoms with Crippen LogP contribution < -0.4 is 4.90 Å². The summed E-state index contributed by atoms with van der Waals surface area (Å²) in [5.74, 6) is 0.399. The molecule has 2 heterocycles. The van der Waals surface area contributed by atoms with E-state index >= 15 is 0 Å². The molecule has 0 spiro atoms. The first-order chi connectivity index (χ1) is 10.3. The first-order valence-corrected chi connectivity index (χ1v) is 7.40. The average molecular weight is 288 g/mol. The Morgan fingerprint density at radius 1 is 1.05 bits per heavy atom. The summed E-state index contributed by atoms with van der Waals surface area (Å²) in [6.45, 7) is 2.32. The Kier molecular flexibility index (Phi) is 4.35. The molecule has 1 aliphatic rings. The second-order valence-electron chi connectivity index (χ2n) is 5.33. The van der Waals surface area contributed by atoms with Gasteiger partial charge in [0.1, 0.15) is 5.82 Å². The molecule has 6 heteroatoms. The monoisotopic (exact) mass is 288 g/mol. The van der Waals surface area contributed by atoms with Gasteiger partial charge in [-0.25, -0.2) is 4.39 Å². The van der Waals surface area contributed by atoms with E-state index < -0.39 is 0 Å². The number of halogens is 1. The van der Waals surface area contributed by atoms with Crippen LogP contribution in [-0.2, 0) is 0 Å². The van der Waals surface area contributed by atoms with Crippen molar-refractivity contribution in [2.75, 3.05) is 13.1 Å². The van der Waals surface area contributed by atoms with Crippen molar-refractivity contribution in [2.45, 2.75) is 25.7 Å². The zero-order valence-electron chi connectivity index (χ0n) is 11.9. The summed E-state index contributed by atoms with van der Waals surface area (Å²) in [7, 11) is 0. The molecule has 21 heavy (non-hydrogen) atoms. The molecule has 1 saturated heterocycles. The Bertz CT molecular complexity index is 597. The summed E-state index contributed by atoms with van der Waals surface area (Å²) in [5.41, 5.74) is 0.756. The van der Waals surface area contributed by atoms with Crippen LogP contribution >= 0.6 is 0 Å². The van der Waals surface area contributed by atoms with Crippen LogP contribution in [0, 0.1) is 5.82 Å². The average Bonchev–Trinajstić information content (AvgIpc) is 2.81. The normalized spacial score (nSPS) is 17.2. The molecule has 0 radical (unpaired) electrons.